The topological polar surface area (TPSA) is 67.6 Å². The van der Waals surface area contributed by atoms with Crippen molar-refractivity contribution in [2.75, 3.05) is 30.4 Å². The predicted octanol–water partition coefficient (Wildman–Crippen LogP) is 0.801. The van der Waals surface area contributed by atoms with Crippen molar-refractivity contribution in [2.24, 2.45) is 5.73 Å². The Morgan fingerprint density at radius 3 is 3.00 bits per heavy atom. The summed E-state index contributed by atoms with van der Waals surface area (Å²) in [4.78, 5) is 13.6. The fourth-order valence-corrected chi connectivity index (χ4v) is 1.94. The molecule has 1 aromatic rings. The molecule has 0 aromatic heterocycles. The zero-order valence-electron chi connectivity index (χ0n) is 10.1. The molecule has 1 aromatic carbocycles. The van der Waals surface area contributed by atoms with Gasteiger partial charge >= 0.3 is 0 Å². The summed E-state index contributed by atoms with van der Waals surface area (Å²) in [5.74, 6) is 0.706. The number of nitrogens with zero attached hydrogens (tertiary/aromatic N) is 1. The van der Waals surface area contributed by atoms with Gasteiger partial charge in [0.15, 0.2) is 0 Å². The van der Waals surface area contributed by atoms with Crippen molar-refractivity contribution in [1.82, 2.24) is 0 Å². The maximum atomic E-state index is 11.6. The van der Waals surface area contributed by atoms with Crippen LogP contribution < -0.4 is 20.7 Å². The largest absolute Gasteiger partial charge is 0.497 e. The molecular formula is C12H17N3O2. The van der Waals surface area contributed by atoms with Crippen LogP contribution in [-0.4, -0.2) is 32.1 Å². The van der Waals surface area contributed by atoms with Crippen molar-refractivity contribution < 1.29 is 9.53 Å². The molecule has 0 saturated carbocycles. The Bertz CT molecular complexity index is 434. The van der Waals surface area contributed by atoms with Gasteiger partial charge in [-0.15, -0.1) is 0 Å². The zero-order valence-corrected chi connectivity index (χ0v) is 10.1. The number of ether oxygens (including phenoxy) is 1. The number of hydrogen-bond acceptors (Lipinski definition) is 4. The van der Waals surface area contributed by atoms with E-state index in [1.165, 1.54) is 0 Å². The second kappa shape index (κ2) is 4.63. The molecule has 0 fully saturated rings. The number of amides is 1. The molecule has 17 heavy (non-hydrogen) atoms. The van der Waals surface area contributed by atoms with Crippen LogP contribution in [0.4, 0.5) is 11.4 Å². The quantitative estimate of drug-likeness (QED) is 0.813. The monoisotopic (exact) mass is 235 g/mol. The Hall–Kier alpha value is -1.75. The molecule has 1 aliphatic rings. The Balaban J connectivity index is 2.40. The van der Waals surface area contributed by atoms with Gasteiger partial charge in [0, 0.05) is 18.7 Å². The molecule has 1 amide bonds. The second-order valence-corrected chi connectivity index (χ2v) is 4.14. The van der Waals surface area contributed by atoms with Crippen molar-refractivity contribution >= 4 is 17.3 Å². The van der Waals surface area contributed by atoms with Gasteiger partial charge in [0.25, 0.3) is 0 Å². The van der Waals surface area contributed by atoms with E-state index in [9.17, 15) is 4.79 Å². The smallest absolute Gasteiger partial charge is 0.243 e. The maximum absolute atomic E-state index is 11.6. The van der Waals surface area contributed by atoms with Crippen LogP contribution >= 0.6 is 0 Å². The Morgan fingerprint density at radius 1 is 1.59 bits per heavy atom. The molecule has 0 bridgehead atoms. The first-order chi connectivity index (χ1) is 8.15. The molecule has 1 heterocycles. The number of carbonyl (C=O) groups excluding carboxylic acids is 1. The number of nitrogens with two attached hydrogens (primary N) is 1. The summed E-state index contributed by atoms with van der Waals surface area (Å²) in [6.45, 7) is 2.86. The third-order valence-electron chi connectivity index (χ3n) is 2.97. The van der Waals surface area contributed by atoms with E-state index >= 15 is 0 Å². The number of nitrogens with one attached hydrogen (secondary N) is 1. The predicted molar refractivity (Wildman–Crippen MR) is 67.5 cm³/mol. The van der Waals surface area contributed by atoms with E-state index < -0.39 is 0 Å². The molecule has 5 heteroatoms. The average Bonchev–Trinajstić information content (AvgIpc) is 2.35. The van der Waals surface area contributed by atoms with Crippen molar-refractivity contribution in [1.29, 1.82) is 0 Å². The lowest BCUT2D eigenvalue weighted by Crippen LogP contribution is -2.46. The first kappa shape index (κ1) is 11.7. The highest BCUT2D eigenvalue weighted by molar-refractivity contribution is 6.01. The molecule has 0 aliphatic carbocycles. The summed E-state index contributed by atoms with van der Waals surface area (Å²) >= 11 is 0. The number of carbonyl (C=O) groups is 1. The van der Waals surface area contributed by atoms with Gasteiger partial charge in [0.05, 0.1) is 25.0 Å². The zero-order chi connectivity index (χ0) is 12.4. The van der Waals surface area contributed by atoms with Gasteiger partial charge in [-0.05, 0) is 19.1 Å². The molecule has 5 nitrogen and oxygen atoms in total. The van der Waals surface area contributed by atoms with Crippen LogP contribution in [0.3, 0.4) is 0 Å². The van der Waals surface area contributed by atoms with E-state index in [0.717, 1.165) is 17.1 Å². The lowest BCUT2D eigenvalue weighted by atomic mass is 10.1. The number of fused-ring (bicyclic) bond motifs is 1. The van der Waals surface area contributed by atoms with Crippen LogP contribution in [0.2, 0.25) is 0 Å². The van der Waals surface area contributed by atoms with E-state index in [1.54, 1.807) is 7.11 Å². The van der Waals surface area contributed by atoms with Gasteiger partial charge in [-0.3, -0.25) is 4.79 Å². The van der Waals surface area contributed by atoms with E-state index in [-0.39, 0.29) is 11.9 Å². The number of methoxy groups -OCH3 is 1. The van der Waals surface area contributed by atoms with E-state index in [1.807, 2.05) is 30.0 Å². The molecule has 0 radical (unpaired) electrons. The molecule has 92 valence electrons. The van der Waals surface area contributed by atoms with Crippen LogP contribution in [0.15, 0.2) is 18.2 Å². The number of benzene rings is 1. The standard InChI is InChI=1S/C12H17N3O2/c1-8(6-13)15-7-12(16)14-10-5-9(17-2)3-4-11(10)15/h3-5,8H,6-7,13H2,1-2H3,(H,14,16). The van der Waals surface area contributed by atoms with Crippen LogP contribution in [0.1, 0.15) is 6.92 Å². The molecule has 0 spiro atoms. The normalized spacial score (nSPS) is 16.2. The Kier molecular flexibility index (Phi) is 3.19. The van der Waals surface area contributed by atoms with Gasteiger partial charge in [-0.2, -0.15) is 0 Å². The highest BCUT2D eigenvalue weighted by atomic mass is 16.5. The van der Waals surface area contributed by atoms with Crippen LogP contribution in [0.5, 0.6) is 5.75 Å². The van der Waals surface area contributed by atoms with Gasteiger partial charge in [0.2, 0.25) is 5.91 Å². The summed E-state index contributed by atoms with van der Waals surface area (Å²) in [7, 11) is 1.60. The summed E-state index contributed by atoms with van der Waals surface area (Å²) in [6.07, 6.45) is 0. The lowest BCUT2D eigenvalue weighted by Gasteiger charge is -2.35. The minimum absolute atomic E-state index is 0.0222. The fourth-order valence-electron chi connectivity index (χ4n) is 1.94. The maximum Gasteiger partial charge on any atom is 0.243 e. The average molecular weight is 235 g/mol. The van der Waals surface area contributed by atoms with Gasteiger partial charge in [-0.25, -0.2) is 0 Å². The third kappa shape index (κ3) is 2.19. The van der Waals surface area contributed by atoms with Gasteiger partial charge < -0.3 is 20.7 Å². The van der Waals surface area contributed by atoms with Crippen LogP contribution in [0, 0.1) is 0 Å². The van der Waals surface area contributed by atoms with Crippen LogP contribution in [0.25, 0.3) is 0 Å². The van der Waals surface area contributed by atoms with Crippen molar-refractivity contribution in [3.63, 3.8) is 0 Å². The molecule has 1 unspecified atom stereocenters. The van der Waals surface area contributed by atoms with Gasteiger partial charge in [0.1, 0.15) is 5.75 Å². The summed E-state index contributed by atoms with van der Waals surface area (Å²) in [5, 5.41) is 2.84. The Labute approximate surface area is 101 Å². The summed E-state index contributed by atoms with van der Waals surface area (Å²) < 4.78 is 5.14. The highest BCUT2D eigenvalue weighted by Gasteiger charge is 2.25. The minimum Gasteiger partial charge on any atom is -0.497 e. The van der Waals surface area contributed by atoms with Crippen molar-refractivity contribution in [3.05, 3.63) is 18.2 Å². The highest BCUT2D eigenvalue weighted by Crippen LogP contribution is 2.33. The summed E-state index contributed by atoms with van der Waals surface area (Å²) in [5.41, 5.74) is 7.43. The van der Waals surface area contributed by atoms with Crippen molar-refractivity contribution in [2.45, 2.75) is 13.0 Å². The SMILES string of the molecule is COc1ccc2c(c1)NC(=O)CN2C(C)CN. The van der Waals surface area contributed by atoms with Crippen LogP contribution in [-0.2, 0) is 4.79 Å². The first-order valence-corrected chi connectivity index (χ1v) is 5.60. The van der Waals surface area contributed by atoms with E-state index in [2.05, 4.69) is 5.32 Å². The van der Waals surface area contributed by atoms with E-state index in [4.69, 9.17) is 10.5 Å². The number of hydrogen-bond donors (Lipinski definition) is 2. The molecule has 1 aliphatic heterocycles. The van der Waals surface area contributed by atoms with Gasteiger partial charge in [-0.1, -0.05) is 0 Å². The lowest BCUT2D eigenvalue weighted by molar-refractivity contribution is -0.115. The molecule has 0 saturated heterocycles. The first-order valence-electron chi connectivity index (χ1n) is 5.60. The van der Waals surface area contributed by atoms with E-state index in [0.29, 0.717) is 13.1 Å². The molecular weight excluding hydrogens is 218 g/mol. The molecule has 3 N–H and O–H groups in total. The second-order valence-electron chi connectivity index (χ2n) is 4.14. The van der Waals surface area contributed by atoms with Crippen molar-refractivity contribution in [3.8, 4) is 5.75 Å². The molecule has 1 atom stereocenters. The molecule has 2 rings (SSSR count). The number of anilines is 2. The minimum atomic E-state index is -0.0222. The third-order valence-corrected chi connectivity index (χ3v) is 2.97. The Morgan fingerprint density at radius 2 is 2.35 bits per heavy atom. The number of rotatable bonds is 3. The summed E-state index contributed by atoms with van der Waals surface area (Å²) in [6, 6.07) is 5.78. The fraction of sp³-hybridized carbons (Fsp3) is 0.417.